The standard InChI is InChI=1S/C23H22F2N4O2S/c1-3-5-12-32-23-26-21-20(27-28-23)15-8-6-7-9-18(15)29(19(30)4-2)22(31-21)16-13-14(24)10-11-17(16)25/h6-11,13,22H,3-5,12H2,1-2H3/t22-/m1/s1. The SMILES string of the molecule is CCCCSc1nnc2c(n1)O[C@H](c1cc(F)ccc1F)N(C(=O)CC)c1ccccc1-2. The zero-order valence-corrected chi connectivity index (χ0v) is 18.5. The van der Waals surface area contributed by atoms with E-state index in [0.717, 1.165) is 36.8 Å². The zero-order chi connectivity index (χ0) is 22.7. The van der Waals surface area contributed by atoms with Crippen LogP contribution in [0.15, 0.2) is 47.6 Å². The van der Waals surface area contributed by atoms with Crippen LogP contribution in [0.5, 0.6) is 5.88 Å². The summed E-state index contributed by atoms with van der Waals surface area (Å²) >= 11 is 1.44. The maximum atomic E-state index is 14.8. The topological polar surface area (TPSA) is 68.2 Å². The van der Waals surface area contributed by atoms with Gasteiger partial charge in [0.1, 0.15) is 11.6 Å². The molecule has 0 unspecified atom stereocenters. The number of unbranched alkanes of at least 4 members (excludes halogenated alkanes) is 1. The molecule has 6 nitrogen and oxygen atoms in total. The van der Waals surface area contributed by atoms with Crippen molar-refractivity contribution in [1.29, 1.82) is 0 Å². The number of hydrogen-bond acceptors (Lipinski definition) is 6. The van der Waals surface area contributed by atoms with Crippen LogP contribution in [0.25, 0.3) is 11.3 Å². The number of amides is 1. The maximum absolute atomic E-state index is 14.8. The van der Waals surface area contributed by atoms with Crippen LogP contribution in [0.3, 0.4) is 0 Å². The Morgan fingerprint density at radius 2 is 1.97 bits per heavy atom. The Morgan fingerprint density at radius 3 is 2.75 bits per heavy atom. The monoisotopic (exact) mass is 456 g/mol. The number of rotatable bonds is 6. The van der Waals surface area contributed by atoms with Gasteiger partial charge in [0, 0.05) is 17.7 Å². The van der Waals surface area contributed by atoms with Crippen molar-refractivity contribution in [3.05, 3.63) is 59.7 Å². The third-order valence-electron chi connectivity index (χ3n) is 5.04. The summed E-state index contributed by atoms with van der Waals surface area (Å²) in [6.45, 7) is 3.79. The van der Waals surface area contributed by atoms with E-state index in [1.807, 2.05) is 0 Å². The van der Waals surface area contributed by atoms with Crippen molar-refractivity contribution in [2.24, 2.45) is 0 Å². The first kappa shape index (κ1) is 22.1. The molecule has 3 aromatic rings. The van der Waals surface area contributed by atoms with E-state index < -0.39 is 17.9 Å². The Bertz CT molecular complexity index is 1140. The fourth-order valence-electron chi connectivity index (χ4n) is 3.43. The van der Waals surface area contributed by atoms with Gasteiger partial charge in [-0.25, -0.2) is 8.78 Å². The summed E-state index contributed by atoms with van der Waals surface area (Å²) in [5, 5.41) is 8.95. The molecule has 1 amide bonds. The van der Waals surface area contributed by atoms with Gasteiger partial charge < -0.3 is 4.74 Å². The second-order valence-corrected chi connectivity index (χ2v) is 8.28. The number of fused-ring (bicyclic) bond motifs is 3. The summed E-state index contributed by atoms with van der Waals surface area (Å²) in [5.74, 6) is -0.708. The number of halogens is 2. The van der Waals surface area contributed by atoms with Crippen molar-refractivity contribution >= 4 is 23.4 Å². The van der Waals surface area contributed by atoms with Gasteiger partial charge in [-0.2, -0.15) is 4.98 Å². The van der Waals surface area contributed by atoms with Crippen LogP contribution in [-0.4, -0.2) is 26.8 Å². The molecule has 0 N–H and O–H groups in total. The smallest absolute Gasteiger partial charge is 0.247 e. The van der Waals surface area contributed by atoms with Crippen LogP contribution in [0, 0.1) is 11.6 Å². The highest BCUT2D eigenvalue weighted by Gasteiger charge is 2.36. The predicted molar refractivity (Wildman–Crippen MR) is 118 cm³/mol. The van der Waals surface area contributed by atoms with Gasteiger partial charge in [0.15, 0.2) is 5.69 Å². The fourth-order valence-corrected chi connectivity index (χ4v) is 4.29. The van der Waals surface area contributed by atoms with E-state index in [1.54, 1.807) is 31.2 Å². The predicted octanol–water partition coefficient (Wildman–Crippen LogP) is 5.54. The van der Waals surface area contributed by atoms with Gasteiger partial charge in [-0.3, -0.25) is 9.69 Å². The quantitative estimate of drug-likeness (QED) is 0.358. The number of hydrogen-bond donors (Lipinski definition) is 0. The molecule has 0 spiro atoms. The molecule has 9 heteroatoms. The molecule has 1 aliphatic heterocycles. The lowest BCUT2D eigenvalue weighted by Gasteiger charge is -2.30. The van der Waals surface area contributed by atoms with Crippen LogP contribution in [0.2, 0.25) is 0 Å². The van der Waals surface area contributed by atoms with Gasteiger partial charge >= 0.3 is 0 Å². The largest absolute Gasteiger partial charge is 0.447 e. The molecule has 166 valence electrons. The number of ether oxygens (including phenoxy) is 1. The van der Waals surface area contributed by atoms with Crippen molar-refractivity contribution < 1.29 is 18.3 Å². The molecule has 0 aliphatic carbocycles. The molecule has 0 saturated heterocycles. The lowest BCUT2D eigenvalue weighted by atomic mass is 10.1. The number of carbonyl (C=O) groups excluding carboxylic acids is 1. The minimum Gasteiger partial charge on any atom is -0.447 e. The van der Waals surface area contributed by atoms with Crippen molar-refractivity contribution in [3.8, 4) is 17.1 Å². The van der Waals surface area contributed by atoms with Crippen LogP contribution in [-0.2, 0) is 4.79 Å². The molecule has 0 radical (unpaired) electrons. The van der Waals surface area contributed by atoms with Crippen molar-refractivity contribution in [3.63, 3.8) is 0 Å². The molecule has 4 rings (SSSR count). The van der Waals surface area contributed by atoms with E-state index >= 15 is 0 Å². The number of aromatic nitrogens is 3. The van der Waals surface area contributed by atoms with Gasteiger partial charge in [-0.05, 0) is 30.7 Å². The first-order chi connectivity index (χ1) is 15.5. The number of benzene rings is 2. The first-order valence-corrected chi connectivity index (χ1v) is 11.4. The molecule has 32 heavy (non-hydrogen) atoms. The summed E-state index contributed by atoms with van der Waals surface area (Å²) in [5.41, 5.74) is 1.28. The van der Waals surface area contributed by atoms with Crippen LogP contribution in [0.4, 0.5) is 14.5 Å². The Kier molecular flexibility index (Phi) is 6.64. The van der Waals surface area contributed by atoms with Gasteiger partial charge in [0.25, 0.3) is 0 Å². The van der Waals surface area contributed by atoms with Gasteiger partial charge in [0.2, 0.25) is 23.2 Å². The van der Waals surface area contributed by atoms with Gasteiger partial charge in [-0.1, -0.05) is 50.2 Å². The second kappa shape index (κ2) is 9.60. The summed E-state index contributed by atoms with van der Waals surface area (Å²) in [7, 11) is 0. The van der Waals surface area contributed by atoms with Gasteiger partial charge in [-0.15, -0.1) is 10.2 Å². The summed E-state index contributed by atoms with van der Waals surface area (Å²) in [4.78, 5) is 18.9. The number of anilines is 1. The maximum Gasteiger partial charge on any atom is 0.247 e. The molecule has 1 aliphatic rings. The highest BCUT2D eigenvalue weighted by molar-refractivity contribution is 7.99. The minimum absolute atomic E-state index is 0.103. The molecule has 0 fully saturated rings. The Labute approximate surface area is 189 Å². The molecule has 2 aromatic carbocycles. The summed E-state index contributed by atoms with van der Waals surface area (Å²) in [6.07, 6.45) is 0.902. The summed E-state index contributed by atoms with van der Waals surface area (Å²) < 4.78 is 35.0. The zero-order valence-electron chi connectivity index (χ0n) is 17.7. The molecule has 2 heterocycles. The van der Waals surface area contributed by atoms with Gasteiger partial charge in [0.05, 0.1) is 11.3 Å². The first-order valence-electron chi connectivity index (χ1n) is 10.4. The van der Waals surface area contributed by atoms with Crippen molar-refractivity contribution in [2.45, 2.75) is 44.5 Å². The van der Waals surface area contributed by atoms with E-state index in [1.165, 1.54) is 16.7 Å². The number of para-hydroxylation sites is 1. The normalized spacial score (nSPS) is 14.9. The van der Waals surface area contributed by atoms with Crippen LogP contribution < -0.4 is 9.64 Å². The number of carbonyl (C=O) groups is 1. The van der Waals surface area contributed by atoms with Crippen LogP contribution >= 0.6 is 11.8 Å². The molecule has 1 aromatic heterocycles. The molecule has 0 saturated carbocycles. The molecular formula is C23H22F2N4O2S. The number of nitrogens with zero attached hydrogens (tertiary/aromatic N) is 4. The van der Waals surface area contributed by atoms with E-state index in [2.05, 4.69) is 22.1 Å². The highest BCUT2D eigenvalue weighted by atomic mass is 32.2. The molecule has 0 bridgehead atoms. The number of thioether (sulfide) groups is 1. The highest BCUT2D eigenvalue weighted by Crippen LogP contribution is 2.44. The second-order valence-electron chi connectivity index (χ2n) is 7.22. The molecule has 1 atom stereocenters. The lowest BCUT2D eigenvalue weighted by Crippen LogP contribution is -2.37. The molecular weight excluding hydrogens is 434 g/mol. The third kappa shape index (κ3) is 4.29. The van der Waals surface area contributed by atoms with E-state index in [4.69, 9.17) is 4.74 Å². The third-order valence-corrected chi connectivity index (χ3v) is 5.96. The minimum atomic E-state index is -1.26. The fraction of sp³-hybridized carbons (Fsp3) is 0.304. The van der Waals surface area contributed by atoms with Crippen molar-refractivity contribution in [1.82, 2.24) is 15.2 Å². The van der Waals surface area contributed by atoms with Crippen LogP contribution in [0.1, 0.15) is 44.9 Å². The van der Waals surface area contributed by atoms with Crippen molar-refractivity contribution in [2.75, 3.05) is 10.7 Å². The lowest BCUT2D eigenvalue weighted by molar-refractivity contribution is -0.120. The summed E-state index contributed by atoms with van der Waals surface area (Å²) in [6, 6.07) is 10.1. The van der Waals surface area contributed by atoms with E-state index in [-0.39, 0.29) is 23.8 Å². The Morgan fingerprint density at radius 1 is 1.16 bits per heavy atom. The Balaban J connectivity index is 1.90. The van der Waals surface area contributed by atoms with E-state index in [9.17, 15) is 13.6 Å². The van der Waals surface area contributed by atoms with E-state index in [0.29, 0.717) is 22.1 Å². The Hall–Kier alpha value is -3.07. The average molecular weight is 457 g/mol. The average Bonchev–Trinajstić information content (AvgIpc) is 2.94.